The topological polar surface area (TPSA) is 30.9 Å². The van der Waals surface area contributed by atoms with Crippen LogP contribution >= 0.6 is 0 Å². The molecule has 0 spiro atoms. The van der Waals surface area contributed by atoms with E-state index in [4.69, 9.17) is 0 Å². The molecule has 0 unspecified atom stereocenters. The smallest absolute Gasteiger partial charge is 0.193 e. The van der Waals surface area contributed by atoms with E-state index in [1.54, 1.807) is 0 Å². The largest absolute Gasteiger partial charge is 0.355 e. The van der Waals surface area contributed by atoms with Crippen molar-refractivity contribution in [3.8, 4) is 0 Å². The molecule has 4 heteroatoms. The number of guanidine groups is 1. The van der Waals surface area contributed by atoms with Crippen molar-refractivity contribution in [2.75, 3.05) is 46.3 Å². The number of aliphatic imine (C=N–C) groups is 1. The zero-order valence-corrected chi connectivity index (χ0v) is 9.71. The van der Waals surface area contributed by atoms with Crippen LogP contribution in [0.25, 0.3) is 0 Å². The summed E-state index contributed by atoms with van der Waals surface area (Å²) in [7, 11) is 2.10. The maximum Gasteiger partial charge on any atom is 0.193 e. The van der Waals surface area contributed by atoms with E-state index in [2.05, 4.69) is 27.2 Å². The predicted octanol–water partition coefficient (Wildman–Crippen LogP) is 0.363. The van der Waals surface area contributed by atoms with E-state index in [1.165, 1.54) is 32.4 Å². The van der Waals surface area contributed by atoms with Gasteiger partial charge in [-0.05, 0) is 25.9 Å². The molecule has 0 bridgehead atoms. The normalized spacial score (nSPS) is 23.0. The van der Waals surface area contributed by atoms with Gasteiger partial charge in [0.15, 0.2) is 5.96 Å². The molecule has 1 N–H and O–H groups in total. The van der Waals surface area contributed by atoms with E-state index in [0.29, 0.717) is 0 Å². The van der Waals surface area contributed by atoms with Gasteiger partial charge < -0.3 is 15.1 Å². The van der Waals surface area contributed by atoms with Gasteiger partial charge in [0.25, 0.3) is 0 Å². The molecule has 1 saturated heterocycles. The fraction of sp³-hybridized carbons (Fsp3) is 0.909. The number of nitrogens with zero attached hydrogens (tertiary/aromatic N) is 3. The second-order valence-electron chi connectivity index (χ2n) is 4.46. The monoisotopic (exact) mass is 210 g/mol. The third-order valence-electron chi connectivity index (χ3n) is 3.22. The van der Waals surface area contributed by atoms with Crippen LogP contribution in [0.4, 0.5) is 0 Å². The highest BCUT2D eigenvalue weighted by Crippen LogP contribution is 2.07. The highest BCUT2D eigenvalue weighted by Gasteiger charge is 2.13. The fourth-order valence-electron chi connectivity index (χ4n) is 2.23. The van der Waals surface area contributed by atoms with Crippen molar-refractivity contribution in [1.82, 2.24) is 15.1 Å². The molecule has 4 nitrogen and oxygen atoms in total. The Kier molecular flexibility index (Phi) is 3.83. The Bertz CT molecular complexity index is 221. The third-order valence-corrected chi connectivity index (χ3v) is 3.22. The number of piperidine rings is 1. The molecule has 0 aromatic rings. The molecular formula is C11H22N4. The van der Waals surface area contributed by atoms with E-state index in [9.17, 15) is 0 Å². The molecule has 2 aliphatic rings. The zero-order chi connectivity index (χ0) is 10.5. The number of nitrogens with one attached hydrogen (secondary N) is 1. The Morgan fingerprint density at radius 1 is 1.20 bits per heavy atom. The van der Waals surface area contributed by atoms with Crippen LogP contribution in [-0.2, 0) is 0 Å². The molecule has 2 heterocycles. The molecule has 0 saturated carbocycles. The summed E-state index contributed by atoms with van der Waals surface area (Å²) in [5.74, 6) is 1.08. The van der Waals surface area contributed by atoms with E-state index >= 15 is 0 Å². The van der Waals surface area contributed by atoms with Crippen LogP contribution in [0.3, 0.4) is 0 Å². The van der Waals surface area contributed by atoms with Gasteiger partial charge in [0.2, 0.25) is 0 Å². The minimum atomic E-state index is 0.947. The summed E-state index contributed by atoms with van der Waals surface area (Å²) in [5.41, 5.74) is 0. The van der Waals surface area contributed by atoms with Crippen molar-refractivity contribution in [2.45, 2.75) is 19.3 Å². The molecular weight excluding hydrogens is 188 g/mol. The molecule has 86 valence electrons. The van der Waals surface area contributed by atoms with Crippen LogP contribution in [0.1, 0.15) is 19.3 Å². The number of hydrogen-bond acceptors (Lipinski definition) is 4. The Labute approximate surface area is 92.3 Å². The van der Waals surface area contributed by atoms with E-state index in [-0.39, 0.29) is 0 Å². The first-order valence-electron chi connectivity index (χ1n) is 6.08. The lowest BCUT2D eigenvalue weighted by molar-refractivity contribution is 0.232. The zero-order valence-electron chi connectivity index (χ0n) is 9.71. The van der Waals surface area contributed by atoms with Gasteiger partial charge >= 0.3 is 0 Å². The molecule has 1 fully saturated rings. The van der Waals surface area contributed by atoms with Gasteiger partial charge in [-0.2, -0.15) is 0 Å². The number of rotatable bonds is 3. The molecule has 0 atom stereocenters. The average molecular weight is 210 g/mol. The minimum absolute atomic E-state index is 0.947. The van der Waals surface area contributed by atoms with Crippen molar-refractivity contribution in [3.05, 3.63) is 0 Å². The Morgan fingerprint density at radius 3 is 2.67 bits per heavy atom. The highest BCUT2D eigenvalue weighted by atomic mass is 15.3. The van der Waals surface area contributed by atoms with Crippen molar-refractivity contribution in [1.29, 1.82) is 0 Å². The van der Waals surface area contributed by atoms with Gasteiger partial charge in [-0.25, -0.2) is 0 Å². The maximum absolute atomic E-state index is 4.41. The van der Waals surface area contributed by atoms with Crippen LogP contribution < -0.4 is 5.32 Å². The van der Waals surface area contributed by atoms with E-state index < -0.39 is 0 Å². The fourth-order valence-corrected chi connectivity index (χ4v) is 2.23. The lowest BCUT2D eigenvalue weighted by atomic mass is 10.1. The number of likely N-dealkylation sites (tertiary alicyclic amines) is 1. The van der Waals surface area contributed by atoms with Crippen LogP contribution in [-0.4, -0.2) is 62.1 Å². The van der Waals surface area contributed by atoms with Gasteiger partial charge in [0.05, 0.1) is 6.54 Å². The van der Waals surface area contributed by atoms with E-state index in [0.717, 1.165) is 32.1 Å². The Hall–Kier alpha value is -0.770. The van der Waals surface area contributed by atoms with Crippen molar-refractivity contribution < 1.29 is 0 Å². The Morgan fingerprint density at radius 2 is 2.00 bits per heavy atom. The summed E-state index contributed by atoms with van der Waals surface area (Å²) in [5, 5.41) is 3.41. The van der Waals surface area contributed by atoms with Crippen LogP contribution in [0, 0.1) is 0 Å². The van der Waals surface area contributed by atoms with Crippen LogP contribution in [0.5, 0.6) is 0 Å². The summed E-state index contributed by atoms with van der Waals surface area (Å²) >= 11 is 0. The van der Waals surface area contributed by atoms with Gasteiger partial charge in [-0.1, -0.05) is 6.42 Å². The number of hydrogen-bond donors (Lipinski definition) is 1. The number of likely N-dealkylation sites (N-methyl/N-ethyl adjacent to an activating group) is 1. The summed E-state index contributed by atoms with van der Waals surface area (Å²) in [6, 6.07) is 0. The Balaban J connectivity index is 1.61. The first-order valence-corrected chi connectivity index (χ1v) is 6.08. The van der Waals surface area contributed by atoms with Crippen LogP contribution in [0.2, 0.25) is 0 Å². The third kappa shape index (κ3) is 3.09. The molecule has 0 aromatic heterocycles. The average Bonchev–Trinajstić information content (AvgIpc) is 2.66. The molecule has 0 aromatic carbocycles. The highest BCUT2D eigenvalue weighted by molar-refractivity contribution is 5.81. The van der Waals surface area contributed by atoms with Crippen molar-refractivity contribution in [3.63, 3.8) is 0 Å². The van der Waals surface area contributed by atoms with Gasteiger partial charge in [0, 0.05) is 26.7 Å². The molecule has 0 amide bonds. The molecule has 2 aliphatic heterocycles. The van der Waals surface area contributed by atoms with Gasteiger partial charge in [0.1, 0.15) is 0 Å². The van der Waals surface area contributed by atoms with Crippen molar-refractivity contribution in [2.24, 2.45) is 4.99 Å². The first kappa shape index (κ1) is 10.7. The van der Waals surface area contributed by atoms with E-state index in [1.807, 2.05) is 0 Å². The summed E-state index contributed by atoms with van der Waals surface area (Å²) in [6.07, 6.45) is 4.17. The maximum atomic E-state index is 4.41. The van der Waals surface area contributed by atoms with Crippen LogP contribution in [0.15, 0.2) is 4.99 Å². The molecule has 0 aliphatic carbocycles. The molecule has 15 heavy (non-hydrogen) atoms. The summed E-state index contributed by atoms with van der Waals surface area (Å²) < 4.78 is 0. The predicted molar refractivity (Wildman–Crippen MR) is 63.2 cm³/mol. The standard InChI is InChI=1S/C11H22N4/c1-14-9-5-12-11(14)13-6-10-15-7-3-2-4-8-15/h2-10H2,1H3,(H,12,13). The van der Waals surface area contributed by atoms with Crippen molar-refractivity contribution >= 4 is 5.96 Å². The lowest BCUT2D eigenvalue weighted by Gasteiger charge is -2.26. The second kappa shape index (κ2) is 5.35. The second-order valence-corrected chi connectivity index (χ2v) is 4.46. The lowest BCUT2D eigenvalue weighted by Crippen LogP contribution is -2.41. The van der Waals surface area contributed by atoms with Gasteiger partial charge in [-0.3, -0.25) is 4.99 Å². The molecule has 2 rings (SSSR count). The SMILES string of the molecule is CN1CCN=C1NCCN1CCCCC1. The molecule has 0 radical (unpaired) electrons. The quantitative estimate of drug-likeness (QED) is 0.730. The minimum Gasteiger partial charge on any atom is -0.355 e. The first-order chi connectivity index (χ1) is 7.36. The van der Waals surface area contributed by atoms with Gasteiger partial charge in [-0.15, -0.1) is 0 Å². The summed E-state index contributed by atoms with van der Waals surface area (Å²) in [6.45, 7) is 6.76. The summed E-state index contributed by atoms with van der Waals surface area (Å²) in [4.78, 5) is 9.15.